The zero-order valence-corrected chi connectivity index (χ0v) is 11.3. The molecule has 0 aromatic heterocycles. The first-order chi connectivity index (χ1) is 8.93. The van der Waals surface area contributed by atoms with Crippen LogP contribution in [0.1, 0.15) is 25.0 Å². The van der Waals surface area contributed by atoms with Crippen LogP contribution in [0.25, 0.3) is 0 Å². The van der Waals surface area contributed by atoms with E-state index in [-0.39, 0.29) is 6.61 Å². The Kier molecular flexibility index (Phi) is 6.31. The standard InChI is InChI=1S/C14H20F3NO/c1-3-18-9-8-12-4-6-13(7-5-12)10-19-11(2)14(15,16)17/h4-7,11,18H,3,8-10H2,1-2H3. The first-order valence-electron chi connectivity index (χ1n) is 6.40. The minimum absolute atomic E-state index is 0.0197. The fraction of sp³-hybridized carbons (Fsp3) is 0.571. The molecular weight excluding hydrogens is 255 g/mol. The second kappa shape index (κ2) is 7.50. The van der Waals surface area contributed by atoms with Gasteiger partial charge in [0.25, 0.3) is 0 Å². The summed E-state index contributed by atoms with van der Waals surface area (Å²) in [7, 11) is 0. The fourth-order valence-electron chi connectivity index (χ4n) is 1.53. The molecule has 1 aromatic rings. The fourth-order valence-corrected chi connectivity index (χ4v) is 1.53. The molecule has 108 valence electrons. The molecular formula is C14H20F3NO. The van der Waals surface area contributed by atoms with Crippen molar-refractivity contribution in [1.29, 1.82) is 0 Å². The number of likely N-dealkylation sites (N-methyl/N-ethyl adjacent to an activating group) is 1. The van der Waals surface area contributed by atoms with Gasteiger partial charge >= 0.3 is 6.18 Å². The smallest absolute Gasteiger partial charge is 0.364 e. The predicted octanol–water partition coefficient (Wildman–Crippen LogP) is 3.31. The third kappa shape index (κ3) is 6.07. The van der Waals surface area contributed by atoms with E-state index in [1.54, 1.807) is 0 Å². The molecule has 1 unspecified atom stereocenters. The molecule has 2 nitrogen and oxygen atoms in total. The van der Waals surface area contributed by atoms with Crippen molar-refractivity contribution in [3.63, 3.8) is 0 Å². The molecule has 0 saturated heterocycles. The van der Waals surface area contributed by atoms with Crippen molar-refractivity contribution >= 4 is 0 Å². The minimum Gasteiger partial charge on any atom is -0.364 e. The summed E-state index contributed by atoms with van der Waals surface area (Å²) >= 11 is 0. The lowest BCUT2D eigenvalue weighted by molar-refractivity contribution is -0.217. The van der Waals surface area contributed by atoms with E-state index in [1.807, 2.05) is 31.2 Å². The van der Waals surface area contributed by atoms with E-state index in [0.29, 0.717) is 0 Å². The summed E-state index contributed by atoms with van der Waals surface area (Å²) in [4.78, 5) is 0. The van der Waals surface area contributed by atoms with E-state index >= 15 is 0 Å². The van der Waals surface area contributed by atoms with Gasteiger partial charge in [0.05, 0.1) is 6.61 Å². The second-order valence-corrected chi connectivity index (χ2v) is 4.41. The molecule has 0 amide bonds. The molecule has 0 saturated carbocycles. The van der Waals surface area contributed by atoms with Gasteiger partial charge in [-0.25, -0.2) is 0 Å². The maximum Gasteiger partial charge on any atom is 0.414 e. The molecule has 1 N–H and O–H groups in total. The van der Waals surface area contributed by atoms with Crippen LogP contribution in [0.4, 0.5) is 13.2 Å². The van der Waals surface area contributed by atoms with Crippen molar-refractivity contribution in [2.24, 2.45) is 0 Å². The predicted molar refractivity (Wildman–Crippen MR) is 69.0 cm³/mol. The van der Waals surface area contributed by atoms with Crippen LogP contribution in [0.5, 0.6) is 0 Å². The number of nitrogens with one attached hydrogen (secondary N) is 1. The Labute approximate surface area is 112 Å². The second-order valence-electron chi connectivity index (χ2n) is 4.41. The van der Waals surface area contributed by atoms with Crippen molar-refractivity contribution in [3.8, 4) is 0 Å². The van der Waals surface area contributed by atoms with Gasteiger partial charge < -0.3 is 10.1 Å². The van der Waals surface area contributed by atoms with Gasteiger partial charge in [0.2, 0.25) is 0 Å². The number of benzene rings is 1. The summed E-state index contributed by atoms with van der Waals surface area (Å²) in [5, 5.41) is 3.22. The number of hydrogen-bond acceptors (Lipinski definition) is 2. The van der Waals surface area contributed by atoms with Gasteiger partial charge in [-0.15, -0.1) is 0 Å². The monoisotopic (exact) mass is 275 g/mol. The Morgan fingerprint density at radius 2 is 1.74 bits per heavy atom. The lowest BCUT2D eigenvalue weighted by Gasteiger charge is -2.16. The number of ether oxygens (including phenoxy) is 1. The number of hydrogen-bond donors (Lipinski definition) is 1. The first-order valence-corrected chi connectivity index (χ1v) is 6.40. The van der Waals surface area contributed by atoms with E-state index in [2.05, 4.69) is 5.32 Å². The van der Waals surface area contributed by atoms with Crippen LogP contribution >= 0.6 is 0 Å². The van der Waals surface area contributed by atoms with Gasteiger partial charge in [-0.2, -0.15) is 13.2 Å². The molecule has 0 aliphatic carbocycles. The number of alkyl halides is 3. The molecule has 0 fully saturated rings. The zero-order valence-electron chi connectivity index (χ0n) is 11.3. The van der Waals surface area contributed by atoms with E-state index in [4.69, 9.17) is 4.74 Å². The van der Waals surface area contributed by atoms with Crippen LogP contribution in [-0.2, 0) is 17.8 Å². The average Bonchev–Trinajstić information content (AvgIpc) is 2.36. The lowest BCUT2D eigenvalue weighted by atomic mass is 10.1. The van der Waals surface area contributed by atoms with Crippen molar-refractivity contribution in [2.75, 3.05) is 13.1 Å². The quantitative estimate of drug-likeness (QED) is 0.771. The summed E-state index contributed by atoms with van der Waals surface area (Å²) in [6.07, 6.45) is -5.12. The number of rotatable bonds is 7. The summed E-state index contributed by atoms with van der Waals surface area (Å²) in [6, 6.07) is 7.47. The minimum atomic E-state index is -4.30. The normalized spacial score (nSPS) is 13.5. The molecule has 19 heavy (non-hydrogen) atoms. The Morgan fingerprint density at radius 1 is 1.16 bits per heavy atom. The van der Waals surface area contributed by atoms with Gasteiger partial charge in [-0.3, -0.25) is 0 Å². The molecule has 1 atom stereocenters. The summed E-state index contributed by atoms with van der Waals surface area (Å²) in [5.41, 5.74) is 1.91. The van der Waals surface area contributed by atoms with Crippen molar-refractivity contribution in [3.05, 3.63) is 35.4 Å². The largest absolute Gasteiger partial charge is 0.414 e. The average molecular weight is 275 g/mol. The zero-order chi connectivity index (χ0) is 14.3. The molecule has 0 radical (unpaired) electrons. The van der Waals surface area contributed by atoms with Gasteiger partial charge in [0.1, 0.15) is 0 Å². The van der Waals surface area contributed by atoms with Crippen LogP contribution < -0.4 is 5.32 Å². The topological polar surface area (TPSA) is 21.3 Å². The maximum atomic E-state index is 12.3. The molecule has 5 heteroatoms. The van der Waals surface area contributed by atoms with Crippen LogP contribution in [0.3, 0.4) is 0 Å². The first kappa shape index (κ1) is 16.0. The Bertz CT molecular complexity index is 362. The highest BCUT2D eigenvalue weighted by Gasteiger charge is 2.36. The lowest BCUT2D eigenvalue weighted by Crippen LogP contribution is -2.28. The third-order valence-electron chi connectivity index (χ3n) is 2.82. The molecule has 1 aromatic carbocycles. The maximum absolute atomic E-state index is 12.3. The highest BCUT2D eigenvalue weighted by molar-refractivity contribution is 5.22. The molecule has 0 bridgehead atoms. The van der Waals surface area contributed by atoms with E-state index in [9.17, 15) is 13.2 Å². The Hall–Kier alpha value is -1.07. The molecule has 0 heterocycles. The molecule has 0 aliphatic heterocycles. The Morgan fingerprint density at radius 3 is 2.26 bits per heavy atom. The van der Waals surface area contributed by atoms with E-state index in [1.165, 1.54) is 0 Å². The van der Waals surface area contributed by atoms with E-state index < -0.39 is 12.3 Å². The van der Waals surface area contributed by atoms with Gasteiger partial charge in [0, 0.05) is 0 Å². The SMILES string of the molecule is CCNCCc1ccc(COC(C)C(F)(F)F)cc1. The van der Waals surface area contributed by atoms with Crippen molar-refractivity contribution in [2.45, 2.75) is 39.2 Å². The summed E-state index contributed by atoms with van der Waals surface area (Å²) in [5.74, 6) is 0. The highest BCUT2D eigenvalue weighted by Crippen LogP contribution is 2.23. The van der Waals surface area contributed by atoms with Gasteiger partial charge in [-0.05, 0) is 37.6 Å². The Balaban J connectivity index is 2.40. The highest BCUT2D eigenvalue weighted by atomic mass is 19.4. The van der Waals surface area contributed by atoms with Crippen LogP contribution in [0, 0.1) is 0 Å². The third-order valence-corrected chi connectivity index (χ3v) is 2.82. The summed E-state index contributed by atoms with van der Waals surface area (Å²) in [6.45, 7) is 4.87. The molecule has 0 aliphatic rings. The van der Waals surface area contributed by atoms with Crippen LogP contribution in [0.2, 0.25) is 0 Å². The van der Waals surface area contributed by atoms with Crippen LogP contribution in [0.15, 0.2) is 24.3 Å². The molecule has 1 rings (SSSR count). The van der Waals surface area contributed by atoms with E-state index in [0.717, 1.165) is 37.6 Å². The number of halogens is 3. The summed E-state index contributed by atoms with van der Waals surface area (Å²) < 4.78 is 41.6. The van der Waals surface area contributed by atoms with Gasteiger partial charge in [-0.1, -0.05) is 31.2 Å². The van der Waals surface area contributed by atoms with Crippen molar-refractivity contribution < 1.29 is 17.9 Å². The molecule has 0 spiro atoms. The van der Waals surface area contributed by atoms with Crippen LogP contribution in [-0.4, -0.2) is 25.4 Å². The van der Waals surface area contributed by atoms with Gasteiger partial charge in [0.15, 0.2) is 6.10 Å². The van der Waals surface area contributed by atoms with Crippen molar-refractivity contribution in [1.82, 2.24) is 5.32 Å².